The summed E-state index contributed by atoms with van der Waals surface area (Å²) < 4.78 is 22.9. The molecule has 0 aromatic carbocycles. The van der Waals surface area contributed by atoms with E-state index < -0.39 is 86.8 Å². The number of hydrogen-bond donors (Lipinski definition) is 9. The fraction of sp³-hybridized carbons (Fsp3) is 0.795. The van der Waals surface area contributed by atoms with Crippen molar-refractivity contribution in [2.24, 2.45) is 0 Å². The molecule has 0 saturated carbocycles. The van der Waals surface area contributed by atoms with Crippen molar-refractivity contribution < 1.29 is 64.6 Å². The largest absolute Gasteiger partial charge is 0.394 e. The molecule has 1 amide bonds. The van der Waals surface area contributed by atoms with Gasteiger partial charge in [0.25, 0.3) is 0 Å². The summed E-state index contributed by atoms with van der Waals surface area (Å²) in [5.41, 5.74) is 0. The lowest BCUT2D eigenvalue weighted by Crippen LogP contribution is -2.65. The molecule has 0 spiro atoms. The van der Waals surface area contributed by atoms with E-state index in [1.165, 1.54) is 225 Å². The summed E-state index contributed by atoms with van der Waals surface area (Å²) in [6, 6.07) is -0.936. The minimum absolute atomic E-state index is 0.246. The van der Waals surface area contributed by atoms with Gasteiger partial charge in [0, 0.05) is 6.42 Å². The number of unbranched alkanes of at least 4 members (excludes halogenated alkanes) is 39. The average Bonchev–Trinajstić information content (AvgIpc) is 0.794. The summed E-state index contributed by atoms with van der Waals surface area (Å²) >= 11 is 0. The zero-order chi connectivity index (χ0) is 70.1. The molecular formula is C83H147NO13. The van der Waals surface area contributed by atoms with Crippen LogP contribution in [-0.2, 0) is 23.7 Å². The van der Waals surface area contributed by atoms with E-state index in [0.717, 1.165) is 70.6 Å². The first kappa shape index (κ1) is 90.0. The zero-order valence-electron chi connectivity index (χ0n) is 61.6. The molecule has 2 rings (SSSR count). The maximum absolute atomic E-state index is 13.4. The molecule has 14 nitrogen and oxygen atoms in total. The SMILES string of the molecule is CC/C=C\C/C=C\C/C=C\C/C=C\C/C=C\C/C=C\CCCCCCCCCCCCCCCCCCCCCCC(=O)NC(COC1OC(CO)C(OC2OC(CO)C(O)C(O)C2O)C(O)C1O)C(O)/C=C/CC/C=C/CCCCCCCCCCCCCCCCCCCC. The Kier molecular flexibility index (Phi) is 61.4. The number of rotatable bonds is 66. The van der Waals surface area contributed by atoms with Crippen LogP contribution in [0.2, 0.25) is 0 Å². The summed E-state index contributed by atoms with van der Waals surface area (Å²) in [5, 5.41) is 87.6. The second kappa shape index (κ2) is 66.2. The van der Waals surface area contributed by atoms with Crippen LogP contribution >= 0.6 is 0 Å². The molecule has 0 aromatic heterocycles. The van der Waals surface area contributed by atoms with Crippen LogP contribution in [0.5, 0.6) is 0 Å². The van der Waals surface area contributed by atoms with Crippen LogP contribution in [0.3, 0.4) is 0 Å². The van der Waals surface area contributed by atoms with E-state index in [4.69, 9.17) is 18.9 Å². The summed E-state index contributed by atoms with van der Waals surface area (Å²) in [5.74, 6) is -0.246. The molecule has 12 atom stereocenters. The van der Waals surface area contributed by atoms with Crippen molar-refractivity contribution in [2.75, 3.05) is 19.8 Å². The maximum Gasteiger partial charge on any atom is 0.220 e. The molecule has 14 heteroatoms. The summed E-state index contributed by atoms with van der Waals surface area (Å²) in [6.45, 7) is 2.71. The van der Waals surface area contributed by atoms with Crippen LogP contribution in [0.1, 0.15) is 328 Å². The Bertz CT molecular complexity index is 2000. The van der Waals surface area contributed by atoms with Crippen molar-refractivity contribution >= 4 is 5.91 Å². The number of amides is 1. The van der Waals surface area contributed by atoms with E-state index in [1.807, 2.05) is 6.08 Å². The fourth-order valence-corrected chi connectivity index (χ4v) is 12.7. The standard InChI is InChI=1S/C83H147NO13/c1-3-5-7-9-11-13-15-17-19-21-23-25-27-29-30-31-32-33-34-35-36-37-38-39-40-41-42-43-45-47-49-51-53-55-57-59-61-63-65-67-75(88)84-71(70-94-82-80(93)78(91)81(74(69-86)96-82)97-83-79(92)77(90)76(89)73(68-85)95-83)72(87)66-64-62-60-58-56-54-52-50-48-46-44-28-26-24-22-20-18-16-14-12-10-8-6-4-2/h5,7,11,13,17,19,23,25,29-30,32-33,56,58,64,66,71-74,76-83,85-87,89-93H,3-4,6,8-10,12,14-16,18,20-22,24,26-28,31,34-55,57,59-63,65,67-70H2,1-2H3,(H,84,88)/b7-5-,13-11-,19-17-,25-23-,30-29-,33-32-,58-56+,66-64+. The number of allylic oxidation sites excluding steroid dienone is 15. The molecule has 0 bridgehead atoms. The topological polar surface area (TPSA) is 228 Å². The number of aliphatic hydroxyl groups is 8. The Morgan fingerprint density at radius 1 is 0.381 bits per heavy atom. The molecule has 2 heterocycles. The van der Waals surface area contributed by atoms with Gasteiger partial charge in [-0.05, 0) is 83.5 Å². The van der Waals surface area contributed by atoms with Gasteiger partial charge in [-0.3, -0.25) is 4.79 Å². The van der Waals surface area contributed by atoms with Gasteiger partial charge in [-0.2, -0.15) is 0 Å². The van der Waals surface area contributed by atoms with Gasteiger partial charge in [-0.25, -0.2) is 0 Å². The van der Waals surface area contributed by atoms with E-state index >= 15 is 0 Å². The van der Waals surface area contributed by atoms with E-state index in [1.54, 1.807) is 6.08 Å². The predicted octanol–water partition coefficient (Wildman–Crippen LogP) is 18.1. The number of aliphatic hydroxyl groups excluding tert-OH is 8. The van der Waals surface area contributed by atoms with Crippen LogP contribution < -0.4 is 5.32 Å². The van der Waals surface area contributed by atoms with Crippen molar-refractivity contribution in [1.82, 2.24) is 5.32 Å². The van der Waals surface area contributed by atoms with Crippen LogP contribution in [0.4, 0.5) is 0 Å². The van der Waals surface area contributed by atoms with Crippen LogP contribution in [-0.4, -0.2) is 140 Å². The summed E-state index contributed by atoms with van der Waals surface area (Å²) in [4.78, 5) is 13.4. The molecule has 0 radical (unpaired) electrons. The first-order valence-corrected chi connectivity index (χ1v) is 40.0. The van der Waals surface area contributed by atoms with Gasteiger partial charge < -0.3 is 65.1 Å². The molecule has 562 valence electrons. The maximum atomic E-state index is 13.4. The van der Waals surface area contributed by atoms with Gasteiger partial charge >= 0.3 is 0 Å². The number of carbonyl (C=O) groups is 1. The Hall–Kier alpha value is -3.09. The lowest BCUT2D eigenvalue weighted by molar-refractivity contribution is -0.359. The highest BCUT2D eigenvalue weighted by Crippen LogP contribution is 2.30. The van der Waals surface area contributed by atoms with Gasteiger partial charge in [-0.1, -0.05) is 336 Å². The Morgan fingerprint density at radius 3 is 1.13 bits per heavy atom. The van der Waals surface area contributed by atoms with Crippen LogP contribution in [0.15, 0.2) is 97.2 Å². The molecule has 2 aliphatic heterocycles. The molecule has 12 unspecified atom stereocenters. The number of ether oxygens (including phenoxy) is 4. The number of carbonyl (C=O) groups excluding carboxylic acids is 1. The molecule has 2 saturated heterocycles. The number of hydrogen-bond acceptors (Lipinski definition) is 13. The highest BCUT2D eigenvalue weighted by Gasteiger charge is 2.51. The van der Waals surface area contributed by atoms with Crippen molar-refractivity contribution in [3.63, 3.8) is 0 Å². The molecule has 9 N–H and O–H groups in total. The second-order valence-electron chi connectivity index (χ2n) is 27.8. The van der Waals surface area contributed by atoms with Gasteiger partial charge in [0.1, 0.15) is 48.8 Å². The van der Waals surface area contributed by atoms with Crippen molar-refractivity contribution in [3.05, 3.63) is 97.2 Å². The third-order valence-corrected chi connectivity index (χ3v) is 19.0. The summed E-state index contributed by atoms with van der Waals surface area (Å²) in [6.07, 6.45) is 77.8. The van der Waals surface area contributed by atoms with Crippen molar-refractivity contribution in [2.45, 2.75) is 402 Å². The second-order valence-corrected chi connectivity index (χ2v) is 27.8. The summed E-state index contributed by atoms with van der Waals surface area (Å²) in [7, 11) is 0. The van der Waals surface area contributed by atoms with Crippen LogP contribution in [0, 0.1) is 0 Å². The van der Waals surface area contributed by atoms with Crippen LogP contribution in [0.25, 0.3) is 0 Å². The fourth-order valence-electron chi connectivity index (χ4n) is 12.7. The van der Waals surface area contributed by atoms with E-state index in [0.29, 0.717) is 12.8 Å². The Morgan fingerprint density at radius 2 is 0.722 bits per heavy atom. The minimum Gasteiger partial charge on any atom is -0.394 e. The first-order chi connectivity index (χ1) is 47.6. The normalized spacial score (nSPS) is 22.7. The Balaban J connectivity index is 1.60. The Labute approximate surface area is 592 Å². The predicted molar refractivity (Wildman–Crippen MR) is 401 cm³/mol. The highest BCUT2D eigenvalue weighted by atomic mass is 16.7. The minimum atomic E-state index is -1.79. The first-order valence-electron chi connectivity index (χ1n) is 40.0. The third kappa shape index (κ3) is 49.2. The molecule has 2 fully saturated rings. The molecule has 2 aliphatic rings. The van der Waals surface area contributed by atoms with Gasteiger partial charge in [0.15, 0.2) is 12.6 Å². The molecular weight excluding hydrogens is 1220 g/mol. The van der Waals surface area contributed by atoms with E-state index in [2.05, 4.69) is 104 Å². The van der Waals surface area contributed by atoms with Gasteiger partial charge in [0.2, 0.25) is 5.91 Å². The smallest absolute Gasteiger partial charge is 0.220 e. The zero-order valence-corrected chi connectivity index (χ0v) is 61.6. The third-order valence-electron chi connectivity index (χ3n) is 19.0. The average molecular weight is 1370 g/mol. The quantitative estimate of drug-likeness (QED) is 0.0204. The monoisotopic (exact) mass is 1370 g/mol. The van der Waals surface area contributed by atoms with Gasteiger partial charge in [-0.15, -0.1) is 0 Å². The number of nitrogens with one attached hydrogen (secondary N) is 1. The lowest BCUT2D eigenvalue weighted by atomic mass is 9.97. The van der Waals surface area contributed by atoms with Crippen molar-refractivity contribution in [3.8, 4) is 0 Å². The highest BCUT2D eigenvalue weighted by molar-refractivity contribution is 5.76. The molecule has 97 heavy (non-hydrogen) atoms. The van der Waals surface area contributed by atoms with Gasteiger partial charge in [0.05, 0.1) is 32.0 Å². The van der Waals surface area contributed by atoms with Crippen molar-refractivity contribution in [1.29, 1.82) is 0 Å². The van der Waals surface area contributed by atoms with E-state index in [-0.39, 0.29) is 18.9 Å². The lowest BCUT2D eigenvalue weighted by Gasteiger charge is -2.46. The van der Waals surface area contributed by atoms with E-state index in [9.17, 15) is 45.6 Å². The molecule has 0 aromatic rings. The molecule has 0 aliphatic carbocycles.